The zero-order valence-electron chi connectivity index (χ0n) is 10.3. The molecule has 0 unspecified atom stereocenters. The SMILES string of the molecule is CCCC[C@]1(C)NC(=O)N([C@H](C)C(=O)O)C1=O. The molecule has 96 valence electrons. The minimum absolute atomic E-state index is 0.453. The third kappa shape index (κ3) is 2.40. The summed E-state index contributed by atoms with van der Waals surface area (Å²) >= 11 is 0. The van der Waals surface area contributed by atoms with E-state index in [9.17, 15) is 14.4 Å². The molecule has 1 aliphatic heterocycles. The number of carboxylic acids is 1. The number of nitrogens with one attached hydrogen (secondary N) is 1. The second-order valence-corrected chi connectivity index (χ2v) is 4.56. The average molecular weight is 242 g/mol. The van der Waals surface area contributed by atoms with Crippen molar-refractivity contribution in [1.82, 2.24) is 10.2 Å². The second-order valence-electron chi connectivity index (χ2n) is 4.56. The van der Waals surface area contributed by atoms with E-state index in [-0.39, 0.29) is 0 Å². The van der Waals surface area contributed by atoms with Crippen LogP contribution in [0.25, 0.3) is 0 Å². The molecule has 0 aromatic rings. The summed E-state index contributed by atoms with van der Waals surface area (Å²) in [4.78, 5) is 35.3. The molecule has 0 bridgehead atoms. The van der Waals surface area contributed by atoms with Gasteiger partial charge >= 0.3 is 12.0 Å². The molecule has 1 heterocycles. The molecule has 2 atom stereocenters. The van der Waals surface area contributed by atoms with E-state index in [4.69, 9.17) is 5.11 Å². The Kier molecular flexibility index (Phi) is 3.75. The number of carbonyl (C=O) groups excluding carboxylic acids is 2. The van der Waals surface area contributed by atoms with Crippen LogP contribution in [-0.2, 0) is 9.59 Å². The first-order chi connectivity index (χ1) is 7.83. The highest BCUT2D eigenvalue weighted by Gasteiger charge is 2.50. The lowest BCUT2D eigenvalue weighted by Gasteiger charge is -2.22. The topological polar surface area (TPSA) is 86.7 Å². The Bertz CT molecular complexity index is 355. The van der Waals surface area contributed by atoms with Gasteiger partial charge in [-0.05, 0) is 20.3 Å². The molecular weight excluding hydrogens is 224 g/mol. The summed E-state index contributed by atoms with van der Waals surface area (Å²) < 4.78 is 0. The van der Waals surface area contributed by atoms with Crippen molar-refractivity contribution in [2.24, 2.45) is 0 Å². The largest absolute Gasteiger partial charge is 0.480 e. The highest BCUT2D eigenvalue weighted by atomic mass is 16.4. The number of hydrogen-bond donors (Lipinski definition) is 2. The monoisotopic (exact) mass is 242 g/mol. The van der Waals surface area contributed by atoms with E-state index >= 15 is 0 Å². The Morgan fingerprint density at radius 1 is 1.53 bits per heavy atom. The van der Waals surface area contributed by atoms with Gasteiger partial charge in [0.05, 0.1) is 0 Å². The molecule has 0 saturated carbocycles. The third-order valence-electron chi connectivity index (χ3n) is 3.07. The molecule has 0 aliphatic carbocycles. The number of unbranched alkanes of at least 4 members (excludes halogenated alkanes) is 1. The number of hydrogen-bond acceptors (Lipinski definition) is 3. The number of carboxylic acid groups (broad SMARTS) is 1. The lowest BCUT2D eigenvalue weighted by molar-refractivity contribution is -0.147. The van der Waals surface area contributed by atoms with Crippen LogP contribution in [0, 0.1) is 0 Å². The highest BCUT2D eigenvalue weighted by molar-refractivity contribution is 6.09. The molecule has 1 fully saturated rings. The maximum absolute atomic E-state index is 12.1. The van der Waals surface area contributed by atoms with Crippen LogP contribution >= 0.6 is 0 Å². The summed E-state index contributed by atoms with van der Waals surface area (Å²) in [5, 5.41) is 11.4. The molecule has 0 radical (unpaired) electrons. The molecule has 1 rings (SSSR count). The lowest BCUT2D eigenvalue weighted by Crippen LogP contribution is -2.46. The first-order valence-corrected chi connectivity index (χ1v) is 5.72. The summed E-state index contributed by atoms with van der Waals surface area (Å²) in [6, 6.07) is -1.76. The van der Waals surface area contributed by atoms with Gasteiger partial charge in [-0.3, -0.25) is 4.79 Å². The van der Waals surface area contributed by atoms with E-state index in [1.165, 1.54) is 6.92 Å². The maximum Gasteiger partial charge on any atom is 0.326 e. The molecule has 0 spiro atoms. The second kappa shape index (κ2) is 4.73. The van der Waals surface area contributed by atoms with E-state index in [1.807, 2.05) is 6.92 Å². The van der Waals surface area contributed by atoms with Crippen LogP contribution in [0.15, 0.2) is 0 Å². The van der Waals surface area contributed by atoms with E-state index in [2.05, 4.69) is 5.32 Å². The van der Waals surface area contributed by atoms with Gasteiger partial charge in [0.1, 0.15) is 11.6 Å². The maximum atomic E-state index is 12.1. The highest BCUT2D eigenvalue weighted by Crippen LogP contribution is 2.24. The Morgan fingerprint density at radius 3 is 2.59 bits per heavy atom. The van der Waals surface area contributed by atoms with Crippen molar-refractivity contribution in [1.29, 1.82) is 0 Å². The van der Waals surface area contributed by atoms with Crippen LogP contribution in [0.3, 0.4) is 0 Å². The fraction of sp³-hybridized carbons (Fsp3) is 0.727. The smallest absolute Gasteiger partial charge is 0.326 e. The molecule has 17 heavy (non-hydrogen) atoms. The van der Waals surface area contributed by atoms with Gasteiger partial charge in [0, 0.05) is 0 Å². The molecule has 0 aromatic heterocycles. The Morgan fingerprint density at radius 2 is 2.12 bits per heavy atom. The fourth-order valence-corrected chi connectivity index (χ4v) is 1.87. The van der Waals surface area contributed by atoms with Crippen molar-refractivity contribution in [2.45, 2.75) is 51.6 Å². The van der Waals surface area contributed by atoms with Gasteiger partial charge in [-0.2, -0.15) is 0 Å². The number of amides is 3. The number of aliphatic carboxylic acids is 1. The molecule has 6 heteroatoms. The standard InChI is InChI=1S/C11H18N2O4/c1-4-5-6-11(3)9(16)13(10(17)12-11)7(2)8(14)15/h7H,4-6H2,1-3H3,(H,12,17)(H,14,15)/t7-,11+/m1/s1. The molecule has 1 saturated heterocycles. The quantitative estimate of drug-likeness (QED) is 0.703. The molecule has 2 N–H and O–H groups in total. The van der Waals surface area contributed by atoms with Gasteiger partial charge in [-0.15, -0.1) is 0 Å². The van der Waals surface area contributed by atoms with Crippen LogP contribution in [0.2, 0.25) is 0 Å². The average Bonchev–Trinajstić information content (AvgIpc) is 2.47. The zero-order valence-corrected chi connectivity index (χ0v) is 10.3. The Hall–Kier alpha value is -1.59. The number of carbonyl (C=O) groups is 3. The fourth-order valence-electron chi connectivity index (χ4n) is 1.87. The van der Waals surface area contributed by atoms with Gasteiger partial charge < -0.3 is 10.4 Å². The first-order valence-electron chi connectivity index (χ1n) is 5.72. The summed E-state index contributed by atoms with van der Waals surface area (Å²) in [6.45, 7) is 4.95. The molecule has 6 nitrogen and oxygen atoms in total. The summed E-state index contributed by atoms with van der Waals surface area (Å²) in [6.07, 6.45) is 2.24. The van der Waals surface area contributed by atoms with Gasteiger partial charge in [0.25, 0.3) is 5.91 Å². The number of nitrogens with zero attached hydrogens (tertiary/aromatic N) is 1. The van der Waals surface area contributed by atoms with E-state index < -0.39 is 29.5 Å². The third-order valence-corrected chi connectivity index (χ3v) is 3.07. The molecule has 1 aliphatic rings. The van der Waals surface area contributed by atoms with Gasteiger partial charge in [-0.1, -0.05) is 19.8 Å². The summed E-state index contributed by atoms with van der Waals surface area (Å²) in [5.74, 6) is -1.64. The van der Waals surface area contributed by atoms with Crippen molar-refractivity contribution in [3.05, 3.63) is 0 Å². The van der Waals surface area contributed by atoms with Gasteiger partial charge in [0.2, 0.25) is 0 Å². The number of rotatable bonds is 5. The lowest BCUT2D eigenvalue weighted by atomic mass is 9.95. The molecule has 3 amide bonds. The minimum Gasteiger partial charge on any atom is -0.480 e. The van der Waals surface area contributed by atoms with E-state index in [0.717, 1.165) is 17.7 Å². The Labute approximate surface area is 100.0 Å². The summed E-state index contributed by atoms with van der Waals surface area (Å²) in [7, 11) is 0. The van der Waals surface area contributed by atoms with Gasteiger partial charge in [0.15, 0.2) is 0 Å². The Balaban J connectivity index is 2.88. The predicted octanol–water partition coefficient (Wildman–Crippen LogP) is 0.960. The minimum atomic E-state index is -1.19. The van der Waals surface area contributed by atoms with Crippen molar-refractivity contribution in [3.63, 3.8) is 0 Å². The van der Waals surface area contributed by atoms with Crippen LogP contribution in [0.4, 0.5) is 4.79 Å². The predicted molar refractivity (Wildman–Crippen MR) is 60.4 cm³/mol. The van der Waals surface area contributed by atoms with Crippen molar-refractivity contribution in [2.75, 3.05) is 0 Å². The normalized spacial score (nSPS) is 25.9. The first kappa shape index (κ1) is 13.5. The van der Waals surface area contributed by atoms with Crippen LogP contribution in [0.5, 0.6) is 0 Å². The van der Waals surface area contributed by atoms with Crippen molar-refractivity contribution >= 4 is 17.9 Å². The zero-order chi connectivity index (χ0) is 13.2. The summed E-state index contributed by atoms with van der Waals surface area (Å²) in [5.41, 5.74) is -0.962. The van der Waals surface area contributed by atoms with E-state index in [0.29, 0.717) is 6.42 Å². The van der Waals surface area contributed by atoms with Crippen molar-refractivity contribution in [3.8, 4) is 0 Å². The molecule has 0 aromatic carbocycles. The molecular formula is C11H18N2O4. The number of urea groups is 1. The van der Waals surface area contributed by atoms with Crippen LogP contribution < -0.4 is 5.32 Å². The van der Waals surface area contributed by atoms with Crippen molar-refractivity contribution < 1.29 is 19.5 Å². The van der Waals surface area contributed by atoms with Crippen LogP contribution in [-0.4, -0.2) is 39.5 Å². The van der Waals surface area contributed by atoms with E-state index in [1.54, 1.807) is 6.92 Å². The van der Waals surface area contributed by atoms with Gasteiger partial charge in [-0.25, -0.2) is 14.5 Å². The number of imide groups is 1. The van der Waals surface area contributed by atoms with Crippen LogP contribution in [0.1, 0.15) is 40.0 Å².